The summed E-state index contributed by atoms with van der Waals surface area (Å²) >= 11 is 0. The highest BCUT2D eigenvalue weighted by Crippen LogP contribution is 2.35. The van der Waals surface area contributed by atoms with Crippen molar-refractivity contribution in [1.82, 2.24) is 0 Å². The SMILES string of the molecule is CCCCCCCCC(C)OC(=O)CCCC(=O)OCC(F)(F)C(F)C(F)(F)F. The summed E-state index contributed by atoms with van der Waals surface area (Å²) in [6, 6.07) is 0. The van der Waals surface area contributed by atoms with Gasteiger partial charge in [-0.3, -0.25) is 9.59 Å². The molecule has 0 aromatic heterocycles. The van der Waals surface area contributed by atoms with Crippen LogP contribution in [0.4, 0.5) is 26.3 Å². The van der Waals surface area contributed by atoms with E-state index in [4.69, 9.17) is 4.74 Å². The van der Waals surface area contributed by atoms with E-state index in [0.717, 1.165) is 25.7 Å². The van der Waals surface area contributed by atoms with E-state index in [1.165, 1.54) is 12.8 Å². The second-order valence-electron chi connectivity index (χ2n) is 7.04. The molecule has 0 aromatic rings. The van der Waals surface area contributed by atoms with Crippen LogP contribution in [0.1, 0.15) is 78.1 Å². The first kappa shape index (κ1) is 27.5. The van der Waals surface area contributed by atoms with Crippen LogP contribution < -0.4 is 0 Å². The molecule has 172 valence electrons. The molecule has 0 heterocycles. The van der Waals surface area contributed by atoms with Crippen LogP contribution >= 0.6 is 0 Å². The van der Waals surface area contributed by atoms with E-state index in [1.807, 2.05) is 0 Å². The second kappa shape index (κ2) is 13.7. The van der Waals surface area contributed by atoms with E-state index in [0.29, 0.717) is 6.42 Å². The maximum absolute atomic E-state index is 13.0. The molecular weight excluding hydrogens is 406 g/mol. The van der Waals surface area contributed by atoms with Gasteiger partial charge >= 0.3 is 24.0 Å². The van der Waals surface area contributed by atoms with Gasteiger partial charge in [-0.15, -0.1) is 0 Å². The van der Waals surface area contributed by atoms with Crippen molar-refractivity contribution in [2.24, 2.45) is 0 Å². The lowest BCUT2D eigenvalue weighted by molar-refractivity contribution is -0.254. The quantitative estimate of drug-likeness (QED) is 0.182. The summed E-state index contributed by atoms with van der Waals surface area (Å²) in [5.74, 6) is -6.69. The van der Waals surface area contributed by atoms with Gasteiger partial charge < -0.3 is 9.47 Å². The van der Waals surface area contributed by atoms with Crippen LogP contribution in [-0.2, 0) is 19.1 Å². The Bertz CT molecular complexity index is 482. The zero-order chi connectivity index (χ0) is 22.5. The number of unbranched alkanes of at least 4 members (excludes halogenated alkanes) is 5. The van der Waals surface area contributed by atoms with Gasteiger partial charge in [-0.25, -0.2) is 4.39 Å². The Morgan fingerprint density at radius 3 is 2.00 bits per heavy atom. The van der Waals surface area contributed by atoms with Crippen LogP contribution in [0.3, 0.4) is 0 Å². The molecule has 0 radical (unpaired) electrons. The van der Waals surface area contributed by atoms with Crippen molar-refractivity contribution >= 4 is 11.9 Å². The number of ether oxygens (including phenoxy) is 2. The Balaban J connectivity index is 3.94. The summed E-state index contributed by atoms with van der Waals surface area (Å²) in [6.45, 7) is 1.85. The average Bonchev–Trinajstić information content (AvgIpc) is 2.61. The molecule has 0 amide bonds. The second-order valence-corrected chi connectivity index (χ2v) is 7.04. The predicted molar refractivity (Wildman–Crippen MR) is 94.3 cm³/mol. The van der Waals surface area contributed by atoms with E-state index in [-0.39, 0.29) is 18.9 Å². The topological polar surface area (TPSA) is 52.6 Å². The van der Waals surface area contributed by atoms with Crippen molar-refractivity contribution in [3.05, 3.63) is 0 Å². The van der Waals surface area contributed by atoms with E-state index < -0.39 is 43.2 Å². The Hall–Kier alpha value is -1.48. The van der Waals surface area contributed by atoms with Gasteiger partial charge in [0.05, 0.1) is 6.10 Å². The van der Waals surface area contributed by atoms with Crippen LogP contribution in [0.2, 0.25) is 0 Å². The molecule has 0 saturated heterocycles. The third-order valence-electron chi connectivity index (χ3n) is 4.14. The maximum atomic E-state index is 13.0. The first-order valence-electron chi connectivity index (χ1n) is 9.83. The maximum Gasteiger partial charge on any atom is 0.425 e. The molecule has 0 aliphatic rings. The van der Waals surface area contributed by atoms with Crippen molar-refractivity contribution in [1.29, 1.82) is 0 Å². The number of carbonyl (C=O) groups is 2. The Morgan fingerprint density at radius 1 is 0.862 bits per heavy atom. The third-order valence-corrected chi connectivity index (χ3v) is 4.14. The molecule has 2 atom stereocenters. The highest BCUT2D eigenvalue weighted by atomic mass is 19.4. The number of carbonyl (C=O) groups excluding carboxylic acids is 2. The zero-order valence-corrected chi connectivity index (χ0v) is 16.8. The van der Waals surface area contributed by atoms with Gasteiger partial charge in [0, 0.05) is 12.8 Å². The predicted octanol–water partition coefficient (Wildman–Crippen LogP) is 5.92. The van der Waals surface area contributed by atoms with Crippen LogP contribution in [0.5, 0.6) is 0 Å². The van der Waals surface area contributed by atoms with Gasteiger partial charge in [0.2, 0.25) is 0 Å². The number of hydrogen-bond donors (Lipinski definition) is 0. The standard InChI is InChI=1S/C19H30F6O4/c1-3-4-5-6-7-8-10-14(2)29-16(27)12-9-11-15(26)28-13-18(21,22)17(20)19(23,24)25/h14,17H,3-13H2,1-2H3. The highest BCUT2D eigenvalue weighted by molar-refractivity contribution is 5.72. The van der Waals surface area contributed by atoms with Crippen molar-refractivity contribution in [2.45, 2.75) is 102 Å². The van der Waals surface area contributed by atoms with E-state index in [1.54, 1.807) is 6.92 Å². The molecule has 0 aromatic carbocycles. The summed E-state index contributed by atoms with van der Waals surface area (Å²) < 4.78 is 83.7. The van der Waals surface area contributed by atoms with Crippen LogP contribution in [0, 0.1) is 0 Å². The molecule has 29 heavy (non-hydrogen) atoms. The van der Waals surface area contributed by atoms with E-state index in [9.17, 15) is 35.9 Å². The zero-order valence-electron chi connectivity index (χ0n) is 16.8. The summed E-state index contributed by atoms with van der Waals surface area (Å²) in [6.07, 6.45) is -3.85. The minimum absolute atomic E-state index is 0.0781. The van der Waals surface area contributed by atoms with Gasteiger partial charge in [0.15, 0.2) is 6.61 Å². The highest BCUT2D eigenvalue weighted by Gasteiger charge is 2.57. The fourth-order valence-corrected chi connectivity index (χ4v) is 2.49. The van der Waals surface area contributed by atoms with Gasteiger partial charge in [0.25, 0.3) is 6.17 Å². The molecule has 0 spiro atoms. The number of alkyl halides is 6. The smallest absolute Gasteiger partial charge is 0.425 e. The lowest BCUT2D eigenvalue weighted by Crippen LogP contribution is -2.45. The molecule has 0 rings (SSSR count). The van der Waals surface area contributed by atoms with Gasteiger partial charge in [-0.1, -0.05) is 39.0 Å². The number of hydrogen-bond acceptors (Lipinski definition) is 4. The van der Waals surface area contributed by atoms with E-state index >= 15 is 0 Å². The summed E-state index contributed by atoms with van der Waals surface area (Å²) in [4.78, 5) is 23.0. The molecule has 0 saturated carbocycles. The molecule has 0 fully saturated rings. The van der Waals surface area contributed by atoms with Gasteiger partial charge in [-0.2, -0.15) is 22.0 Å². The molecule has 4 nitrogen and oxygen atoms in total. The van der Waals surface area contributed by atoms with Crippen LogP contribution in [0.15, 0.2) is 0 Å². The number of esters is 2. The monoisotopic (exact) mass is 436 g/mol. The normalized spacial score (nSPS) is 14.3. The van der Waals surface area contributed by atoms with Gasteiger partial charge in [0.1, 0.15) is 0 Å². The Kier molecular flexibility index (Phi) is 13.0. The molecule has 10 heteroatoms. The molecule has 0 N–H and O–H groups in total. The van der Waals surface area contributed by atoms with Crippen LogP contribution in [0.25, 0.3) is 0 Å². The van der Waals surface area contributed by atoms with Crippen molar-refractivity contribution < 1.29 is 45.4 Å². The molecule has 0 aliphatic heterocycles. The summed E-state index contributed by atoms with van der Waals surface area (Å²) in [5.41, 5.74) is 0. The Morgan fingerprint density at radius 2 is 1.41 bits per heavy atom. The minimum atomic E-state index is -5.76. The fourth-order valence-electron chi connectivity index (χ4n) is 2.49. The lowest BCUT2D eigenvalue weighted by atomic mass is 10.1. The number of halogens is 6. The molecular formula is C19H30F6O4. The van der Waals surface area contributed by atoms with Crippen molar-refractivity contribution in [3.63, 3.8) is 0 Å². The van der Waals surface area contributed by atoms with E-state index in [2.05, 4.69) is 11.7 Å². The first-order chi connectivity index (χ1) is 13.4. The molecule has 2 unspecified atom stereocenters. The largest absolute Gasteiger partial charge is 0.463 e. The number of rotatable bonds is 15. The van der Waals surface area contributed by atoms with Crippen LogP contribution in [-0.4, -0.2) is 42.9 Å². The first-order valence-corrected chi connectivity index (χ1v) is 9.83. The van der Waals surface area contributed by atoms with Crippen molar-refractivity contribution in [2.75, 3.05) is 6.61 Å². The van der Waals surface area contributed by atoms with Crippen molar-refractivity contribution in [3.8, 4) is 0 Å². The summed E-state index contributed by atoms with van der Waals surface area (Å²) in [5, 5.41) is 0. The lowest BCUT2D eigenvalue weighted by Gasteiger charge is -2.22. The molecule has 0 aliphatic carbocycles. The Labute approximate surface area is 167 Å². The average molecular weight is 436 g/mol. The fraction of sp³-hybridized carbons (Fsp3) is 0.895. The van der Waals surface area contributed by atoms with Gasteiger partial charge in [-0.05, 0) is 26.2 Å². The molecule has 0 bridgehead atoms. The third kappa shape index (κ3) is 13.4. The summed E-state index contributed by atoms with van der Waals surface area (Å²) in [7, 11) is 0. The minimum Gasteiger partial charge on any atom is -0.463 e.